The van der Waals surface area contributed by atoms with Gasteiger partial charge < -0.3 is 10.8 Å². The molecule has 0 radical (unpaired) electrons. The topological polar surface area (TPSA) is 63.3 Å². The summed E-state index contributed by atoms with van der Waals surface area (Å²) in [5.41, 5.74) is 11.0. The molecule has 0 saturated heterocycles. The second kappa shape index (κ2) is 6.89. The Bertz CT molecular complexity index is 482. The van der Waals surface area contributed by atoms with Crippen LogP contribution in [0.25, 0.3) is 0 Å². The van der Waals surface area contributed by atoms with Gasteiger partial charge >= 0.3 is 5.97 Å². The fourth-order valence-electron chi connectivity index (χ4n) is 3.06. The van der Waals surface area contributed by atoms with Crippen molar-refractivity contribution in [2.45, 2.75) is 59.4 Å². The first kappa shape index (κ1) is 16.7. The van der Waals surface area contributed by atoms with Crippen LogP contribution in [0, 0.1) is 26.7 Å². The Morgan fingerprint density at radius 3 is 2.30 bits per heavy atom. The largest absolute Gasteiger partial charge is 0.480 e. The van der Waals surface area contributed by atoms with Gasteiger partial charge in [0.05, 0.1) is 0 Å². The predicted molar refractivity (Wildman–Crippen MR) is 83.1 cm³/mol. The minimum absolute atomic E-state index is 0.292. The van der Waals surface area contributed by atoms with E-state index in [9.17, 15) is 4.79 Å². The van der Waals surface area contributed by atoms with E-state index >= 15 is 0 Å². The van der Waals surface area contributed by atoms with E-state index < -0.39 is 12.0 Å². The number of hydrogen-bond donors (Lipinski definition) is 2. The summed E-state index contributed by atoms with van der Waals surface area (Å²) in [6.45, 7) is 10.7. The number of aliphatic carboxylic acids is 1. The zero-order valence-electron chi connectivity index (χ0n) is 13.2. The highest BCUT2D eigenvalue weighted by Crippen LogP contribution is 2.35. The van der Waals surface area contributed by atoms with Crippen molar-refractivity contribution in [3.05, 3.63) is 34.4 Å². The zero-order valence-corrected chi connectivity index (χ0v) is 13.2. The Balaban J connectivity index is 3.05. The number of hydrogen-bond acceptors (Lipinski definition) is 2. The summed E-state index contributed by atoms with van der Waals surface area (Å²) in [4.78, 5) is 11.0. The van der Waals surface area contributed by atoms with Crippen LogP contribution < -0.4 is 5.73 Å². The number of carbonyl (C=O) groups is 1. The number of aryl methyl sites for hydroxylation is 2. The lowest BCUT2D eigenvalue weighted by molar-refractivity contribution is -0.139. The normalized spacial score (nSPS) is 15.7. The van der Waals surface area contributed by atoms with Gasteiger partial charge in [0.1, 0.15) is 6.04 Å². The highest BCUT2D eigenvalue weighted by Gasteiger charge is 2.25. The molecule has 0 aliphatic rings. The van der Waals surface area contributed by atoms with Crippen LogP contribution in [0.2, 0.25) is 0 Å². The molecule has 0 bridgehead atoms. The van der Waals surface area contributed by atoms with E-state index in [-0.39, 0.29) is 0 Å². The van der Waals surface area contributed by atoms with Crippen molar-refractivity contribution in [1.29, 1.82) is 0 Å². The van der Waals surface area contributed by atoms with Crippen molar-refractivity contribution < 1.29 is 9.90 Å². The van der Waals surface area contributed by atoms with Crippen molar-refractivity contribution in [3.8, 4) is 0 Å². The first-order valence-corrected chi connectivity index (χ1v) is 7.34. The molecular weight excluding hydrogens is 250 g/mol. The van der Waals surface area contributed by atoms with Gasteiger partial charge in [0, 0.05) is 0 Å². The van der Waals surface area contributed by atoms with Crippen LogP contribution in [-0.4, -0.2) is 17.1 Å². The van der Waals surface area contributed by atoms with Crippen LogP contribution in [-0.2, 0) is 4.79 Å². The maximum atomic E-state index is 11.0. The molecule has 0 heterocycles. The third-order valence-electron chi connectivity index (χ3n) is 4.56. The van der Waals surface area contributed by atoms with Crippen molar-refractivity contribution in [3.63, 3.8) is 0 Å². The van der Waals surface area contributed by atoms with Crippen molar-refractivity contribution in [2.75, 3.05) is 0 Å². The molecular formula is C17H27NO2. The summed E-state index contributed by atoms with van der Waals surface area (Å²) in [5, 5.41) is 9.01. The summed E-state index contributed by atoms with van der Waals surface area (Å²) < 4.78 is 0. The second-order valence-electron chi connectivity index (χ2n) is 5.88. The lowest BCUT2D eigenvalue weighted by atomic mass is 9.78. The first-order valence-electron chi connectivity index (χ1n) is 7.34. The number of rotatable bonds is 6. The SMILES string of the molecule is CCC(CC(N)C(=O)O)C(C)c1c(C)ccc(C)c1C. The highest BCUT2D eigenvalue weighted by molar-refractivity contribution is 5.73. The minimum atomic E-state index is -0.909. The molecule has 1 rings (SSSR count). The Kier molecular flexibility index (Phi) is 5.75. The molecule has 3 unspecified atom stereocenters. The summed E-state index contributed by atoms with van der Waals surface area (Å²) in [6, 6.07) is 3.52. The maximum absolute atomic E-state index is 11.0. The molecule has 0 fully saturated rings. The summed E-state index contributed by atoms with van der Waals surface area (Å²) in [7, 11) is 0. The van der Waals surface area contributed by atoms with Crippen LogP contribution in [0.1, 0.15) is 54.9 Å². The molecule has 3 nitrogen and oxygen atoms in total. The van der Waals surface area contributed by atoms with Gasteiger partial charge in [-0.05, 0) is 61.3 Å². The third-order valence-corrected chi connectivity index (χ3v) is 4.56. The Labute approximate surface area is 122 Å². The second-order valence-corrected chi connectivity index (χ2v) is 5.88. The fraction of sp³-hybridized carbons (Fsp3) is 0.588. The average molecular weight is 277 g/mol. The lowest BCUT2D eigenvalue weighted by Gasteiger charge is -2.28. The van der Waals surface area contributed by atoms with Gasteiger partial charge in [-0.1, -0.05) is 32.4 Å². The number of nitrogens with two attached hydrogens (primary N) is 1. The van der Waals surface area contributed by atoms with Gasteiger partial charge in [-0.15, -0.1) is 0 Å². The monoisotopic (exact) mass is 277 g/mol. The van der Waals surface area contributed by atoms with Crippen LogP contribution in [0.3, 0.4) is 0 Å². The Morgan fingerprint density at radius 2 is 1.80 bits per heavy atom. The van der Waals surface area contributed by atoms with E-state index in [2.05, 4.69) is 46.8 Å². The van der Waals surface area contributed by atoms with Gasteiger partial charge in [-0.25, -0.2) is 0 Å². The molecule has 0 saturated carbocycles. The van der Waals surface area contributed by atoms with E-state index in [1.165, 1.54) is 22.3 Å². The van der Waals surface area contributed by atoms with Crippen LogP contribution in [0.5, 0.6) is 0 Å². The van der Waals surface area contributed by atoms with Gasteiger partial charge in [-0.3, -0.25) is 4.79 Å². The fourth-order valence-corrected chi connectivity index (χ4v) is 3.06. The van der Waals surface area contributed by atoms with E-state index in [0.717, 1.165) is 6.42 Å². The maximum Gasteiger partial charge on any atom is 0.320 e. The van der Waals surface area contributed by atoms with Crippen LogP contribution >= 0.6 is 0 Å². The van der Waals surface area contributed by atoms with E-state index in [1.807, 2.05) is 0 Å². The molecule has 20 heavy (non-hydrogen) atoms. The van der Waals surface area contributed by atoms with Crippen molar-refractivity contribution >= 4 is 5.97 Å². The number of carboxylic acids is 1. The summed E-state index contributed by atoms with van der Waals surface area (Å²) in [6.07, 6.45) is 1.47. The quantitative estimate of drug-likeness (QED) is 0.836. The Morgan fingerprint density at radius 1 is 1.25 bits per heavy atom. The van der Waals surface area contributed by atoms with E-state index in [1.54, 1.807) is 0 Å². The summed E-state index contributed by atoms with van der Waals surface area (Å²) >= 11 is 0. The minimum Gasteiger partial charge on any atom is -0.480 e. The van der Waals surface area contributed by atoms with Crippen LogP contribution in [0.4, 0.5) is 0 Å². The Hall–Kier alpha value is -1.35. The molecule has 0 aliphatic heterocycles. The number of carboxylic acid groups (broad SMARTS) is 1. The predicted octanol–water partition coefficient (Wildman–Crippen LogP) is 3.54. The van der Waals surface area contributed by atoms with Gasteiger partial charge in [0.2, 0.25) is 0 Å². The molecule has 0 spiro atoms. The van der Waals surface area contributed by atoms with Crippen molar-refractivity contribution in [1.82, 2.24) is 0 Å². The molecule has 3 atom stereocenters. The lowest BCUT2D eigenvalue weighted by Crippen LogP contribution is -2.33. The highest BCUT2D eigenvalue weighted by atomic mass is 16.4. The van der Waals surface area contributed by atoms with E-state index in [0.29, 0.717) is 18.3 Å². The zero-order chi connectivity index (χ0) is 15.4. The van der Waals surface area contributed by atoms with Crippen LogP contribution in [0.15, 0.2) is 12.1 Å². The molecule has 0 amide bonds. The third kappa shape index (κ3) is 3.60. The standard InChI is InChI=1S/C17H27NO2/c1-6-14(9-15(18)17(19)20)13(5)16-11(3)8-7-10(2)12(16)4/h7-8,13-15H,6,9,18H2,1-5H3,(H,19,20). The molecule has 3 heteroatoms. The molecule has 1 aromatic carbocycles. The van der Waals surface area contributed by atoms with E-state index in [4.69, 9.17) is 10.8 Å². The molecule has 1 aromatic rings. The molecule has 0 aliphatic carbocycles. The van der Waals surface area contributed by atoms with Gasteiger partial charge in [0.25, 0.3) is 0 Å². The van der Waals surface area contributed by atoms with Crippen molar-refractivity contribution in [2.24, 2.45) is 11.7 Å². The first-order chi connectivity index (χ1) is 9.29. The average Bonchev–Trinajstić information content (AvgIpc) is 2.40. The molecule has 3 N–H and O–H groups in total. The molecule has 0 aromatic heterocycles. The van der Waals surface area contributed by atoms with Gasteiger partial charge in [-0.2, -0.15) is 0 Å². The number of benzene rings is 1. The summed E-state index contributed by atoms with van der Waals surface area (Å²) in [5.74, 6) is -0.293. The smallest absolute Gasteiger partial charge is 0.320 e. The molecule has 112 valence electrons. The van der Waals surface area contributed by atoms with Gasteiger partial charge in [0.15, 0.2) is 0 Å².